The summed E-state index contributed by atoms with van der Waals surface area (Å²) in [6, 6.07) is 9.48. The molecule has 5 rings (SSSR count). The normalized spacial score (nSPS) is 18.0. The van der Waals surface area contributed by atoms with Crippen molar-refractivity contribution < 1.29 is 9.53 Å². The van der Waals surface area contributed by atoms with Crippen LogP contribution >= 0.6 is 0 Å². The Bertz CT molecular complexity index is 1240. The summed E-state index contributed by atoms with van der Waals surface area (Å²) in [4.78, 5) is 32.5. The van der Waals surface area contributed by atoms with Crippen LogP contribution in [0.5, 0.6) is 5.75 Å². The first-order valence-electron chi connectivity index (χ1n) is 11.2. The molecule has 3 heterocycles. The number of amides is 1. The van der Waals surface area contributed by atoms with E-state index in [1.807, 2.05) is 44.0 Å². The van der Waals surface area contributed by atoms with Crippen molar-refractivity contribution in [1.82, 2.24) is 19.0 Å². The number of pyridine rings is 1. The molecule has 0 radical (unpaired) electrons. The van der Waals surface area contributed by atoms with E-state index >= 15 is 0 Å². The van der Waals surface area contributed by atoms with E-state index < -0.39 is 0 Å². The first-order chi connectivity index (χ1) is 15.4. The first-order valence-corrected chi connectivity index (χ1v) is 11.2. The van der Waals surface area contributed by atoms with Gasteiger partial charge in [0.15, 0.2) is 0 Å². The second-order valence-corrected chi connectivity index (χ2v) is 9.08. The molecule has 1 aromatic carbocycles. The number of hydrogen-bond acceptors (Lipinski definition) is 4. The number of fused-ring (bicyclic) bond motifs is 1. The fourth-order valence-corrected chi connectivity index (χ4v) is 4.21. The fourth-order valence-electron chi connectivity index (χ4n) is 4.21. The van der Waals surface area contributed by atoms with Crippen LogP contribution in [0, 0.1) is 19.8 Å². The van der Waals surface area contributed by atoms with Gasteiger partial charge in [-0.05, 0) is 68.9 Å². The van der Waals surface area contributed by atoms with Gasteiger partial charge in [0.2, 0.25) is 0 Å². The van der Waals surface area contributed by atoms with E-state index in [0.717, 1.165) is 29.2 Å². The molecule has 2 aliphatic rings. The van der Waals surface area contributed by atoms with Crippen molar-refractivity contribution in [3.8, 4) is 11.4 Å². The van der Waals surface area contributed by atoms with E-state index in [4.69, 9.17) is 4.74 Å². The van der Waals surface area contributed by atoms with Crippen molar-refractivity contribution in [3.05, 3.63) is 75.7 Å². The Morgan fingerprint density at radius 1 is 1.12 bits per heavy atom. The number of aromatic nitrogens is 3. The summed E-state index contributed by atoms with van der Waals surface area (Å²) in [6.45, 7) is 7.61. The first kappa shape index (κ1) is 20.5. The summed E-state index contributed by atoms with van der Waals surface area (Å²) in [5.74, 6) is 1.45. The lowest BCUT2D eigenvalue weighted by atomic mass is 10.1. The number of nitrogens with zero attached hydrogens (tertiary/aromatic N) is 4. The lowest BCUT2D eigenvalue weighted by Crippen LogP contribution is -2.49. The molecule has 32 heavy (non-hydrogen) atoms. The zero-order chi connectivity index (χ0) is 22.4. The van der Waals surface area contributed by atoms with Gasteiger partial charge in [0, 0.05) is 25.3 Å². The van der Waals surface area contributed by atoms with E-state index in [1.54, 1.807) is 27.6 Å². The third-order valence-electron chi connectivity index (χ3n) is 6.38. The molecule has 0 spiro atoms. The number of hydrogen-bond donors (Lipinski definition) is 0. The number of aryl methyl sites for hydroxylation is 2. The quantitative estimate of drug-likeness (QED) is 0.598. The Morgan fingerprint density at radius 2 is 1.94 bits per heavy atom. The highest BCUT2D eigenvalue weighted by molar-refractivity contribution is 5.93. The van der Waals surface area contributed by atoms with Gasteiger partial charge in [0.05, 0.1) is 18.6 Å². The maximum atomic E-state index is 13.3. The van der Waals surface area contributed by atoms with Crippen LogP contribution in [0.1, 0.15) is 47.1 Å². The van der Waals surface area contributed by atoms with Gasteiger partial charge in [0.1, 0.15) is 17.1 Å². The Balaban J connectivity index is 1.40. The van der Waals surface area contributed by atoms with Crippen molar-refractivity contribution in [2.24, 2.45) is 5.92 Å². The van der Waals surface area contributed by atoms with Gasteiger partial charge in [-0.2, -0.15) is 0 Å². The highest BCUT2D eigenvalue weighted by Gasteiger charge is 2.31. The van der Waals surface area contributed by atoms with Crippen LogP contribution < -0.4 is 10.3 Å². The van der Waals surface area contributed by atoms with Gasteiger partial charge >= 0.3 is 0 Å². The van der Waals surface area contributed by atoms with Crippen LogP contribution in [0.3, 0.4) is 0 Å². The zero-order valence-corrected chi connectivity index (χ0v) is 18.7. The number of benzene rings is 1. The van der Waals surface area contributed by atoms with Gasteiger partial charge in [-0.1, -0.05) is 12.1 Å². The predicted octanol–water partition coefficient (Wildman–Crippen LogP) is 3.48. The third-order valence-corrected chi connectivity index (χ3v) is 6.38. The van der Waals surface area contributed by atoms with E-state index in [2.05, 4.69) is 11.1 Å². The highest BCUT2D eigenvalue weighted by atomic mass is 16.5. The van der Waals surface area contributed by atoms with Crippen LogP contribution in [0.2, 0.25) is 0 Å². The number of carbonyl (C=O) groups excluding carboxylic acids is 1. The van der Waals surface area contributed by atoms with Crippen molar-refractivity contribution in [2.45, 2.75) is 52.7 Å². The largest absolute Gasteiger partial charge is 0.493 e. The molecule has 7 heteroatoms. The van der Waals surface area contributed by atoms with Crippen LogP contribution in [0.4, 0.5) is 0 Å². The minimum Gasteiger partial charge on any atom is -0.493 e. The number of ether oxygens (including phenoxy) is 1. The van der Waals surface area contributed by atoms with Crippen molar-refractivity contribution in [2.75, 3.05) is 6.61 Å². The minimum atomic E-state index is -0.175. The van der Waals surface area contributed by atoms with Crippen molar-refractivity contribution in [1.29, 1.82) is 0 Å². The van der Waals surface area contributed by atoms with Crippen LogP contribution in [-0.2, 0) is 13.1 Å². The maximum Gasteiger partial charge on any atom is 0.275 e. The van der Waals surface area contributed by atoms with Gasteiger partial charge in [-0.15, -0.1) is 0 Å². The maximum absolute atomic E-state index is 13.3. The number of rotatable bonds is 6. The zero-order valence-electron chi connectivity index (χ0n) is 18.7. The minimum absolute atomic E-state index is 0.107. The smallest absolute Gasteiger partial charge is 0.275 e. The predicted molar refractivity (Wildman–Crippen MR) is 121 cm³/mol. The van der Waals surface area contributed by atoms with Gasteiger partial charge in [-0.25, -0.2) is 4.98 Å². The molecule has 1 aliphatic heterocycles. The summed E-state index contributed by atoms with van der Waals surface area (Å²) in [5.41, 5.74) is 3.71. The second-order valence-electron chi connectivity index (χ2n) is 9.08. The molecule has 0 N–H and O–H groups in total. The Labute approximate surface area is 187 Å². The van der Waals surface area contributed by atoms with E-state index in [9.17, 15) is 9.59 Å². The molecule has 166 valence electrons. The molecular formula is C25H28N4O3. The van der Waals surface area contributed by atoms with Gasteiger partial charge in [0.25, 0.3) is 11.5 Å². The summed E-state index contributed by atoms with van der Waals surface area (Å²) < 4.78 is 9.32. The van der Waals surface area contributed by atoms with E-state index in [0.29, 0.717) is 30.4 Å². The molecule has 1 fully saturated rings. The molecule has 0 unspecified atom stereocenters. The monoisotopic (exact) mass is 432 g/mol. The summed E-state index contributed by atoms with van der Waals surface area (Å²) in [7, 11) is 0. The highest BCUT2D eigenvalue weighted by Crippen LogP contribution is 2.31. The van der Waals surface area contributed by atoms with Crippen molar-refractivity contribution in [3.63, 3.8) is 0 Å². The molecule has 0 saturated heterocycles. The van der Waals surface area contributed by atoms with Gasteiger partial charge < -0.3 is 18.8 Å². The Kier molecular flexibility index (Phi) is 5.12. The standard InChI is InChI=1S/C25H28N4O3/c1-16-4-5-20(10-23(16)32-14-19-6-7-19)13-28-18(3)12-29-22(25(28)31)9-8-21(24(29)30)27-11-17(2)26-15-27/h4-5,8-11,15,18-19H,6-7,12-14H2,1-3H3/t18-/m1/s1. The molecule has 1 saturated carbocycles. The third kappa shape index (κ3) is 3.83. The summed E-state index contributed by atoms with van der Waals surface area (Å²) >= 11 is 0. The van der Waals surface area contributed by atoms with Crippen LogP contribution in [-0.4, -0.2) is 37.6 Å². The van der Waals surface area contributed by atoms with Crippen molar-refractivity contribution >= 4 is 5.91 Å². The molecule has 3 aromatic rings. The average molecular weight is 433 g/mol. The SMILES string of the molecule is Cc1cn(-c2ccc3n(c2=O)C[C@@H](C)N(Cc2ccc(C)c(OCC4CC4)c2)C3=O)cn1. The van der Waals surface area contributed by atoms with Gasteiger partial charge in [-0.3, -0.25) is 9.59 Å². The molecule has 1 aliphatic carbocycles. The topological polar surface area (TPSA) is 69.4 Å². The Morgan fingerprint density at radius 3 is 2.66 bits per heavy atom. The van der Waals surface area contributed by atoms with E-state index in [-0.39, 0.29) is 17.5 Å². The Hall–Kier alpha value is -3.35. The molecular weight excluding hydrogens is 404 g/mol. The van der Waals surface area contributed by atoms with E-state index in [1.165, 1.54) is 12.8 Å². The number of imidazole rings is 1. The fraction of sp³-hybridized carbons (Fsp3) is 0.400. The lowest BCUT2D eigenvalue weighted by molar-refractivity contribution is 0.0589. The lowest BCUT2D eigenvalue weighted by Gasteiger charge is -2.35. The average Bonchev–Trinajstić information content (AvgIpc) is 3.50. The van der Waals surface area contributed by atoms with Crippen LogP contribution in [0.15, 0.2) is 47.7 Å². The molecule has 2 aromatic heterocycles. The number of carbonyl (C=O) groups is 1. The molecule has 0 bridgehead atoms. The van der Waals surface area contributed by atoms with Crippen LogP contribution in [0.25, 0.3) is 5.69 Å². The molecule has 1 amide bonds. The summed E-state index contributed by atoms with van der Waals surface area (Å²) in [6.07, 6.45) is 5.93. The second kappa shape index (κ2) is 7.97. The molecule has 7 nitrogen and oxygen atoms in total. The summed E-state index contributed by atoms with van der Waals surface area (Å²) in [5, 5.41) is 0. The molecule has 1 atom stereocenters.